The van der Waals surface area contributed by atoms with Crippen molar-refractivity contribution >= 4 is 17.9 Å². The van der Waals surface area contributed by atoms with Crippen LogP contribution in [-0.2, 0) is 14.3 Å². The number of nitrogens with zero attached hydrogens (tertiary/aromatic N) is 1. The van der Waals surface area contributed by atoms with Crippen LogP contribution in [0.3, 0.4) is 0 Å². The fourth-order valence-electron chi connectivity index (χ4n) is 3.54. The molecule has 0 saturated carbocycles. The van der Waals surface area contributed by atoms with Gasteiger partial charge in [0.15, 0.2) is 6.10 Å². The van der Waals surface area contributed by atoms with Gasteiger partial charge in [-0.05, 0) is 70.1 Å². The number of likely N-dealkylation sites (tertiary alicyclic amines) is 1. The molecule has 0 bridgehead atoms. The summed E-state index contributed by atoms with van der Waals surface area (Å²) in [5, 5.41) is 5.47. The van der Waals surface area contributed by atoms with Gasteiger partial charge < -0.3 is 25.0 Å². The molecule has 8 nitrogen and oxygen atoms in total. The van der Waals surface area contributed by atoms with Gasteiger partial charge in [0.25, 0.3) is 5.91 Å². The summed E-state index contributed by atoms with van der Waals surface area (Å²) in [6, 6.07) is 7.82. The summed E-state index contributed by atoms with van der Waals surface area (Å²) >= 11 is 0. The van der Waals surface area contributed by atoms with Gasteiger partial charge >= 0.3 is 6.09 Å². The second-order valence-electron chi connectivity index (χ2n) is 9.91. The van der Waals surface area contributed by atoms with E-state index in [0.717, 1.165) is 12.8 Å². The fourth-order valence-corrected chi connectivity index (χ4v) is 3.54. The predicted molar refractivity (Wildman–Crippen MR) is 127 cm³/mol. The fraction of sp³-hybridized carbons (Fsp3) is 0.640. The van der Waals surface area contributed by atoms with Crippen molar-refractivity contribution in [2.75, 3.05) is 26.2 Å². The number of amides is 3. The molecule has 1 heterocycles. The Morgan fingerprint density at radius 3 is 2.18 bits per heavy atom. The van der Waals surface area contributed by atoms with Crippen LogP contribution in [-0.4, -0.2) is 60.7 Å². The van der Waals surface area contributed by atoms with Crippen LogP contribution in [0, 0.1) is 5.92 Å². The maximum absolute atomic E-state index is 12.4. The number of carbonyl (C=O) groups is 3. The average Bonchev–Trinajstić information content (AvgIpc) is 2.75. The first-order valence-electron chi connectivity index (χ1n) is 11.7. The summed E-state index contributed by atoms with van der Waals surface area (Å²) in [6.45, 7) is 13.0. The van der Waals surface area contributed by atoms with Crippen molar-refractivity contribution in [2.45, 2.75) is 72.0 Å². The summed E-state index contributed by atoms with van der Waals surface area (Å²) in [7, 11) is 0. The van der Waals surface area contributed by atoms with E-state index in [1.54, 1.807) is 32.6 Å². The van der Waals surface area contributed by atoms with E-state index in [2.05, 4.69) is 24.5 Å². The van der Waals surface area contributed by atoms with Crippen molar-refractivity contribution in [2.24, 2.45) is 5.92 Å². The van der Waals surface area contributed by atoms with Crippen molar-refractivity contribution in [1.82, 2.24) is 15.5 Å². The zero-order valence-electron chi connectivity index (χ0n) is 20.8. The second-order valence-corrected chi connectivity index (χ2v) is 9.91. The molecule has 1 unspecified atom stereocenters. The summed E-state index contributed by atoms with van der Waals surface area (Å²) in [6.07, 6.45) is 0.408. The van der Waals surface area contributed by atoms with Crippen LogP contribution in [0.4, 0.5) is 4.79 Å². The van der Waals surface area contributed by atoms with Gasteiger partial charge in [-0.25, -0.2) is 4.79 Å². The third-order valence-electron chi connectivity index (χ3n) is 5.54. The van der Waals surface area contributed by atoms with Crippen LogP contribution >= 0.6 is 0 Å². The van der Waals surface area contributed by atoms with Gasteiger partial charge in [0.05, 0.1) is 0 Å². The number of nitrogens with one attached hydrogen (secondary N) is 2. The smallest absolute Gasteiger partial charge is 0.408 e. The zero-order chi connectivity index (χ0) is 24.6. The third kappa shape index (κ3) is 9.32. The molecule has 33 heavy (non-hydrogen) atoms. The molecular formula is C25H39N3O5. The van der Waals surface area contributed by atoms with Crippen molar-refractivity contribution in [3.63, 3.8) is 0 Å². The summed E-state index contributed by atoms with van der Waals surface area (Å²) < 4.78 is 10.9. The highest BCUT2D eigenvalue weighted by Crippen LogP contribution is 2.20. The van der Waals surface area contributed by atoms with Gasteiger partial charge in [-0.3, -0.25) is 9.59 Å². The first-order valence-corrected chi connectivity index (χ1v) is 11.7. The number of ether oxygens (including phenoxy) is 2. The molecule has 1 aromatic carbocycles. The first-order chi connectivity index (χ1) is 15.4. The number of piperidine rings is 1. The van der Waals surface area contributed by atoms with Gasteiger partial charge in [0, 0.05) is 19.6 Å². The predicted octanol–water partition coefficient (Wildman–Crippen LogP) is 3.46. The number of rotatable bonds is 8. The highest BCUT2D eigenvalue weighted by molar-refractivity contribution is 5.82. The Morgan fingerprint density at radius 2 is 1.64 bits per heavy atom. The molecule has 184 valence electrons. The Bertz CT molecular complexity index is 793. The average molecular weight is 462 g/mol. The quantitative estimate of drug-likeness (QED) is 0.618. The number of benzene rings is 1. The molecule has 0 spiro atoms. The lowest BCUT2D eigenvalue weighted by Gasteiger charge is -2.32. The highest BCUT2D eigenvalue weighted by atomic mass is 16.6. The molecule has 0 aliphatic carbocycles. The third-order valence-corrected chi connectivity index (χ3v) is 5.54. The van der Waals surface area contributed by atoms with E-state index in [-0.39, 0.29) is 18.4 Å². The number of hydrogen-bond donors (Lipinski definition) is 2. The van der Waals surface area contributed by atoms with E-state index in [1.807, 2.05) is 24.3 Å². The first kappa shape index (κ1) is 26.5. The standard InChI is InChI=1S/C25H39N3O5/c1-17(2)20-7-9-21(10-8-20)32-18(3)23(30)26-15-19-11-13-28(14-12-19)22(29)16-27-24(31)33-25(4,5)6/h7-10,17-19H,11-16H2,1-6H3,(H,26,30)(H,27,31). The maximum Gasteiger partial charge on any atom is 0.408 e. The number of alkyl carbamates (subject to hydrolysis) is 1. The van der Waals surface area contributed by atoms with Crippen LogP contribution < -0.4 is 15.4 Å². The Balaban J connectivity index is 1.67. The monoisotopic (exact) mass is 461 g/mol. The van der Waals surface area contributed by atoms with Crippen LogP contribution in [0.2, 0.25) is 0 Å². The van der Waals surface area contributed by atoms with Crippen molar-refractivity contribution in [3.8, 4) is 5.75 Å². The van der Waals surface area contributed by atoms with E-state index in [1.165, 1.54) is 5.56 Å². The SMILES string of the molecule is CC(Oc1ccc(C(C)C)cc1)C(=O)NCC1CCN(C(=O)CNC(=O)OC(C)(C)C)CC1. The van der Waals surface area contributed by atoms with Gasteiger partial charge in [-0.15, -0.1) is 0 Å². The summed E-state index contributed by atoms with van der Waals surface area (Å²) in [5.74, 6) is 1.14. The molecule has 1 aliphatic heterocycles. The van der Waals surface area contributed by atoms with E-state index < -0.39 is 17.8 Å². The minimum Gasteiger partial charge on any atom is -0.481 e. The molecule has 1 saturated heterocycles. The van der Waals surface area contributed by atoms with E-state index in [9.17, 15) is 14.4 Å². The zero-order valence-corrected chi connectivity index (χ0v) is 20.8. The molecule has 0 aromatic heterocycles. The molecule has 1 aromatic rings. The van der Waals surface area contributed by atoms with Gasteiger partial charge in [0.2, 0.25) is 5.91 Å². The van der Waals surface area contributed by atoms with Gasteiger partial charge in [-0.1, -0.05) is 26.0 Å². The molecule has 2 rings (SSSR count). The van der Waals surface area contributed by atoms with Crippen LogP contribution in [0.25, 0.3) is 0 Å². The van der Waals surface area contributed by atoms with Crippen LogP contribution in [0.1, 0.15) is 65.9 Å². The minimum absolute atomic E-state index is 0.0800. The van der Waals surface area contributed by atoms with Crippen LogP contribution in [0.15, 0.2) is 24.3 Å². The summed E-state index contributed by atoms with van der Waals surface area (Å²) in [4.78, 5) is 38.2. The Morgan fingerprint density at radius 1 is 1.03 bits per heavy atom. The van der Waals surface area contributed by atoms with E-state index in [4.69, 9.17) is 9.47 Å². The molecule has 3 amide bonds. The molecule has 8 heteroatoms. The molecule has 1 fully saturated rings. The van der Waals surface area contributed by atoms with Crippen molar-refractivity contribution in [1.29, 1.82) is 0 Å². The highest BCUT2D eigenvalue weighted by Gasteiger charge is 2.25. The molecule has 1 atom stereocenters. The molecule has 1 aliphatic rings. The lowest BCUT2D eigenvalue weighted by molar-refractivity contribution is -0.132. The minimum atomic E-state index is -0.600. The maximum atomic E-state index is 12.4. The van der Waals surface area contributed by atoms with Crippen LogP contribution in [0.5, 0.6) is 5.75 Å². The van der Waals surface area contributed by atoms with Gasteiger partial charge in [0.1, 0.15) is 17.9 Å². The Hall–Kier alpha value is -2.77. The van der Waals surface area contributed by atoms with Crippen molar-refractivity contribution < 1.29 is 23.9 Å². The number of carbonyl (C=O) groups excluding carboxylic acids is 3. The van der Waals surface area contributed by atoms with E-state index >= 15 is 0 Å². The topological polar surface area (TPSA) is 97.0 Å². The Labute approximate surface area is 197 Å². The lowest BCUT2D eigenvalue weighted by Crippen LogP contribution is -2.46. The van der Waals surface area contributed by atoms with E-state index in [0.29, 0.717) is 37.2 Å². The second kappa shape index (κ2) is 11.9. The lowest BCUT2D eigenvalue weighted by atomic mass is 9.96. The molecular weight excluding hydrogens is 422 g/mol. The number of hydrogen-bond acceptors (Lipinski definition) is 5. The largest absolute Gasteiger partial charge is 0.481 e. The molecule has 0 radical (unpaired) electrons. The normalized spacial score (nSPS) is 15.7. The molecule has 2 N–H and O–H groups in total. The Kier molecular flexibility index (Phi) is 9.56. The van der Waals surface area contributed by atoms with Gasteiger partial charge in [-0.2, -0.15) is 0 Å². The summed E-state index contributed by atoms with van der Waals surface area (Å²) in [5.41, 5.74) is 0.626. The van der Waals surface area contributed by atoms with Crippen molar-refractivity contribution in [3.05, 3.63) is 29.8 Å².